The number of ether oxygens (including phenoxy) is 1. The molecule has 1 fully saturated rings. The summed E-state index contributed by atoms with van der Waals surface area (Å²) in [5, 5.41) is 4.36. The predicted molar refractivity (Wildman–Crippen MR) is 109 cm³/mol. The number of carbonyl (C=O) groups excluding carboxylic acids is 1. The van der Waals surface area contributed by atoms with Gasteiger partial charge in [0.05, 0.1) is 24.9 Å². The second kappa shape index (κ2) is 8.09. The quantitative estimate of drug-likeness (QED) is 0.617. The highest BCUT2D eigenvalue weighted by Crippen LogP contribution is 2.33. The largest absolute Gasteiger partial charge is 0.496 e. The third kappa shape index (κ3) is 4.28. The highest BCUT2D eigenvalue weighted by molar-refractivity contribution is 5.81. The molecular weight excluding hydrogens is 411 g/mol. The van der Waals surface area contributed by atoms with E-state index in [1.807, 2.05) is 35.2 Å². The molecule has 0 bridgehead atoms. The molecule has 1 aliphatic rings. The van der Waals surface area contributed by atoms with Crippen molar-refractivity contribution in [3.8, 4) is 16.9 Å². The number of para-hydroxylation sites is 1. The number of benzene rings is 1. The van der Waals surface area contributed by atoms with Crippen molar-refractivity contribution in [3.63, 3.8) is 0 Å². The molecule has 0 N–H and O–H groups in total. The van der Waals surface area contributed by atoms with Crippen molar-refractivity contribution < 1.29 is 22.7 Å². The van der Waals surface area contributed by atoms with Gasteiger partial charge in [-0.3, -0.25) is 4.79 Å². The van der Waals surface area contributed by atoms with Crippen molar-refractivity contribution in [2.45, 2.75) is 25.1 Å². The van der Waals surface area contributed by atoms with E-state index in [9.17, 15) is 18.0 Å². The van der Waals surface area contributed by atoms with E-state index in [1.165, 1.54) is 11.9 Å². The van der Waals surface area contributed by atoms with E-state index < -0.39 is 18.5 Å². The summed E-state index contributed by atoms with van der Waals surface area (Å²) < 4.78 is 44.8. The first kappa shape index (κ1) is 21.0. The van der Waals surface area contributed by atoms with E-state index in [-0.39, 0.29) is 6.04 Å². The lowest BCUT2D eigenvalue weighted by Gasteiger charge is -2.25. The average Bonchev–Trinajstić information content (AvgIpc) is 3.38. The zero-order chi connectivity index (χ0) is 22.2. The minimum absolute atomic E-state index is 0.300. The van der Waals surface area contributed by atoms with Crippen LogP contribution in [0.1, 0.15) is 12.8 Å². The Morgan fingerprint density at radius 3 is 2.77 bits per heavy atom. The van der Waals surface area contributed by atoms with E-state index in [4.69, 9.17) is 9.72 Å². The van der Waals surface area contributed by atoms with Crippen molar-refractivity contribution in [2.24, 2.45) is 0 Å². The molecular formula is C21H22F3N5O2. The third-order valence-electron chi connectivity index (χ3n) is 5.53. The third-order valence-corrected chi connectivity index (χ3v) is 5.53. The lowest BCUT2D eigenvalue weighted by atomic mass is 10.1. The molecule has 0 saturated carbocycles. The van der Waals surface area contributed by atoms with Crippen LogP contribution in [-0.4, -0.2) is 64.9 Å². The van der Waals surface area contributed by atoms with E-state index in [0.29, 0.717) is 36.7 Å². The maximum atomic E-state index is 12.6. The molecule has 1 atom stereocenters. The van der Waals surface area contributed by atoms with E-state index in [1.54, 1.807) is 24.0 Å². The van der Waals surface area contributed by atoms with Crippen molar-refractivity contribution in [3.05, 3.63) is 42.7 Å². The number of hydrogen-bond donors (Lipinski definition) is 0. The molecule has 1 amide bonds. The Balaban J connectivity index is 1.56. The topological polar surface area (TPSA) is 63.0 Å². The van der Waals surface area contributed by atoms with Crippen LogP contribution in [0.5, 0.6) is 5.75 Å². The van der Waals surface area contributed by atoms with Crippen LogP contribution < -0.4 is 9.64 Å². The highest BCUT2D eigenvalue weighted by Gasteiger charge is 2.36. The molecule has 3 aromatic rings. The van der Waals surface area contributed by atoms with Crippen LogP contribution in [0.3, 0.4) is 0 Å². The Morgan fingerprint density at radius 2 is 2.03 bits per heavy atom. The van der Waals surface area contributed by atoms with Gasteiger partial charge in [-0.15, -0.1) is 0 Å². The fraction of sp³-hybridized carbons (Fsp3) is 0.381. The molecule has 3 heterocycles. The molecule has 4 rings (SSSR count). The summed E-state index contributed by atoms with van der Waals surface area (Å²) >= 11 is 0. The van der Waals surface area contributed by atoms with Crippen molar-refractivity contribution in [1.29, 1.82) is 0 Å². The number of anilines is 1. The van der Waals surface area contributed by atoms with Crippen molar-refractivity contribution in [2.75, 3.05) is 32.1 Å². The van der Waals surface area contributed by atoms with Crippen LogP contribution in [0.2, 0.25) is 0 Å². The van der Waals surface area contributed by atoms with Gasteiger partial charge in [-0.25, -0.2) is 9.50 Å². The SMILES string of the molecule is COc1ccccc1-c1cnn2ccc(N3CCC(N(C)C(=O)CC(F)(F)F)C3)nc12. The van der Waals surface area contributed by atoms with Crippen LogP contribution in [0.15, 0.2) is 42.7 Å². The molecule has 31 heavy (non-hydrogen) atoms. The maximum absolute atomic E-state index is 12.6. The summed E-state index contributed by atoms with van der Waals surface area (Å²) in [5.41, 5.74) is 2.32. The summed E-state index contributed by atoms with van der Waals surface area (Å²) in [4.78, 5) is 19.9. The number of fused-ring (bicyclic) bond motifs is 1. The lowest BCUT2D eigenvalue weighted by Crippen LogP contribution is -2.40. The summed E-state index contributed by atoms with van der Waals surface area (Å²) in [6.07, 6.45) is -1.86. The second-order valence-electron chi connectivity index (χ2n) is 7.50. The van der Waals surface area contributed by atoms with Gasteiger partial charge in [0.2, 0.25) is 5.91 Å². The summed E-state index contributed by atoms with van der Waals surface area (Å²) in [6.45, 7) is 1.01. The molecule has 2 aromatic heterocycles. The number of halogens is 3. The van der Waals surface area contributed by atoms with Gasteiger partial charge in [0.15, 0.2) is 5.65 Å². The molecule has 0 spiro atoms. The second-order valence-corrected chi connectivity index (χ2v) is 7.50. The van der Waals surface area contributed by atoms with Gasteiger partial charge in [-0.05, 0) is 18.6 Å². The first-order valence-corrected chi connectivity index (χ1v) is 9.82. The van der Waals surface area contributed by atoms with Gasteiger partial charge in [0, 0.05) is 31.9 Å². The minimum Gasteiger partial charge on any atom is -0.496 e. The summed E-state index contributed by atoms with van der Waals surface area (Å²) in [6, 6.07) is 9.09. The van der Waals surface area contributed by atoms with Crippen LogP contribution in [-0.2, 0) is 4.79 Å². The number of nitrogens with zero attached hydrogens (tertiary/aromatic N) is 5. The zero-order valence-corrected chi connectivity index (χ0v) is 17.1. The van der Waals surface area contributed by atoms with Crippen LogP contribution >= 0.6 is 0 Å². The number of carbonyl (C=O) groups is 1. The monoisotopic (exact) mass is 433 g/mol. The number of likely N-dealkylation sites (N-methyl/N-ethyl adjacent to an activating group) is 1. The van der Waals surface area contributed by atoms with Gasteiger partial charge in [0.1, 0.15) is 18.0 Å². The molecule has 7 nitrogen and oxygen atoms in total. The molecule has 0 radical (unpaired) electrons. The van der Waals surface area contributed by atoms with Gasteiger partial charge >= 0.3 is 6.18 Å². The fourth-order valence-electron chi connectivity index (χ4n) is 3.86. The number of methoxy groups -OCH3 is 1. The van der Waals surface area contributed by atoms with E-state index >= 15 is 0 Å². The van der Waals surface area contributed by atoms with Gasteiger partial charge in [-0.2, -0.15) is 18.3 Å². The van der Waals surface area contributed by atoms with Gasteiger partial charge in [0.25, 0.3) is 0 Å². The van der Waals surface area contributed by atoms with Crippen molar-refractivity contribution in [1.82, 2.24) is 19.5 Å². The standard InChI is InChI=1S/C21H22F3N5O2/c1-27(19(30)11-21(22,23)24)14-7-9-28(13-14)18-8-10-29-20(26-18)16(12-25-29)15-5-3-4-6-17(15)31-2/h3-6,8,10,12,14H,7,9,11,13H2,1-2H3. The Kier molecular flexibility index (Phi) is 5.47. The summed E-state index contributed by atoms with van der Waals surface area (Å²) in [7, 11) is 3.03. The molecule has 1 saturated heterocycles. The van der Waals surface area contributed by atoms with Crippen molar-refractivity contribution >= 4 is 17.4 Å². The van der Waals surface area contributed by atoms with Crippen LogP contribution in [0.25, 0.3) is 16.8 Å². The number of aromatic nitrogens is 3. The highest BCUT2D eigenvalue weighted by atomic mass is 19.4. The molecule has 10 heteroatoms. The number of rotatable bonds is 5. The first-order chi connectivity index (χ1) is 14.8. The molecule has 164 valence electrons. The Bertz CT molecular complexity index is 1100. The Morgan fingerprint density at radius 1 is 1.26 bits per heavy atom. The van der Waals surface area contributed by atoms with Gasteiger partial charge in [-0.1, -0.05) is 18.2 Å². The molecule has 1 aliphatic heterocycles. The van der Waals surface area contributed by atoms with E-state index in [2.05, 4.69) is 5.10 Å². The fourth-order valence-corrected chi connectivity index (χ4v) is 3.86. The average molecular weight is 433 g/mol. The maximum Gasteiger partial charge on any atom is 0.397 e. The smallest absolute Gasteiger partial charge is 0.397 e. The zero-order valence-electron chi connectivity index (χ0n) is 17.1. The molecule has 1 aromatic carbocycles. The Hall–Kier alpha value is -3.30. The number of hydrogen-bond acceptors (Lipinski definition) is 5. The normalized spacial score (nSPS) is 16.7. The summed E-state index contributed by atoms with van der Waals surface area (Å²) in [5.74, 6) is 0.468. The van der Waals surface area contributed by atoms with Gasteiger partial charge < -0.3 is 14.5 Å². The minimum atomic E-state index is -4.51. The molecule has 0 aliphatic carbocycles. The first-order valence-electron chi connectivity index (χ1n) is 9.82. The lowest BCUT2D eigenvalue weighted by molar-refractivity contribution is -0.161. The van der Waals surface area contributed by atoms with Crippen LogP contribution in [0, 0.1) is 0 Å². The number of amides is 1. The van der Waals surface area contributed by atoms with Crippen LogP contribution in [0.4, 0.5) is 19.0 Å². The predicted octanol–water partition coefficient (Wildman–Crippen LogP) is 3.39. The Labute approximate surface area is 177 Å². The number of alkyl halides is 3. The van der Waals surface area contributed by atoms with E-state index in [0.717, 1.165) is 11.1 Å². The molecule has 1 unspecified atom stereocenters.